The van der Waals surface area contributed by atoms with Crippen molar-refractivity contribution >= 4 is 22.8 Å². The summed E-state index contributed by atoms with van der Waals surface area (Å²) < 4.78 is 6.58. The fourth-order valence-electron chi connectivity index (χ4n) is 4.10. The van der Waals surface area contributed by atoms with Crippen LogP contribution in [0.1, 0.15) is 40.4 Å². The summed E-state index contributed by atoms with van der Waals surface area (Å²) in [5, 5.41) is 22.8. The van der Waals surface area contributed by atoms with Crippen LogP contribution in [0.15, 0.2) is 35.1 Å². The monoisotopic (exact) mass is 414 g/mol. The molecule has 2 aromatic heterocycles. The van der Waals surface area contributed by atoms with Crippen LogP contribution < -0.4 is 40.2 Å². The topological polar surface area (TPSA) is 122 Å². The zero-order chi connectivity index (χ0) is 20.5. The molecule has 9 heteroatoms. The van der Waals surface area contributed by atoms with Gasteiger partial charge in [-0.3, -0.25) is 4.79 Å². The second kappa shape index (κ2) is 7.02. The van der Waals surface area contributed by atoms with E-state index >= 15 is 0 Å². The number of benzene rings is 1. The summed E-state index contributed by atoms with van der Waals surface area (Å²) in [6, 6.07) is 7.99. The number of carboxylic acids is 1. The zero-order valence-electron chi connectivity index (χ0n) is 16.4. The van der Waals surface area contributed by atoms with Crippen molar-refractivity contribution in [3.63, 3.8) is 0 Å². The molecule has 2 aliphatic rings. The van der Waals surface area contributed by atoms with E-state index in [9.17, 15) is 24.6 Å². The van der Waals surface area contributed by atoms with Crippen LogP contribution in [0.4, 0.5) is 0 Å². The molecule has 5 rings (SSSR count). The molecule has 4 heterocycles. The van der Waals surface area contributed by atoms with E-state index in [0.717, 1.165) is 10.9 Å². The third-order valence-electron chi connectivity index (χ3n) is 5.75. The second-order valence-electron chi connectivity index (χ2n) is 7.29. The number of cyclic esters (lactones) is 1. The van der Waals surface area contributed by atoms with Crippen LogP contribution in [0, 0.1) is 0 Å². The van der Waals surface area contributed by atoms with E-state index in [-0.39, 0.29) is 64.8 Å². The summed E-state index contributed by atoms with van der Waals surface area (Å²) in [6.07, 6.45) is 0.0642. The third kappa shape index (κ3) is 2.75. The number of carbonyl (C=O) groups excluding carboxylic acids is 2. The molecule has 146 valence electrons. The molecule has 2 aliphatic heterocycles. The van der Waals surface area contributed by atoms with Gasteiger partial charge in [-0.15, -0.1) is 0 Å². The number of aromatic carboxylic acids is 1. The van der Waals surface area contributed by atoms with Crippen molar-refractivity contribution in [2.24, 2.45) is 0 Å². The quantitative estimate of drug-likeness (QED) is 0.283. The van der Waals surface area contributed by atoms with E-state index in [4.69, 9.17) is 4.74 Å². The predicted octanol–water partition coefficient (Wildman–Crippen LogP) is -2.55. The molecule has 0 fully saturated rings. The van der Waals surface area contributed by atoms with Gasteiger partial charge in [-0.1, -0.05) is 19.1 Å². The third-order valence-corrected chi connectivity index (χ3v) is 5.75. The SMILES string of the molecule is CCC1(O)C(=O)OCc2c1cc1n(c2=O)Cc2cc3ccc(C(=O)[O-])cc3nc2-1.[Na+]. The molecule has 1 atom stereocenters. The average Bonchev–Trinajstić information content (AvgIpc) is 3.07. The molecule has 0 bridgehead atoms. The number of pyridine rings is 2. The molecule has 0 saturated heterocycles. The van der Waals surface area contributed by atoms with Gasteiger partial charge in [0.25, 0.3) is 5.56 Å². The Labute approximate surface area is 192 Å². The van der Waals surface area contributed by atoms with Gasteiger partial charge in [0.1, 0.15) is 6.61 Å². The van der Waals surface area contributed by atoms with Gasteiger partial charge in [0.2, 0.25) is 0 Å². The summed E-state index contributed by atoms with van der Waals surface area (Å²) >= 11 is 0. The number of carbonyl (C=O) groups is 2. The molecule has 1 aromatic carbocycles. The van der Waals surface area contributed by atoms with Crippen molar-refractivity contribution in [3.8, 4) is 11.4 Å². The van der Waals surface area contributed by atoms with Crippen LogP contribution in [0.25, 0.3) is 22.3 Å². The number of rotatable bonds is 2. The van der Waals surface area contributed by atoms with Gasteiger partial charge in [-0.2, -0.15) is 0 Å². The molecule has 0 amide bonds. The Morgan fingerprint density at radius 1 is 1.30 bits per heavy atom. The number of esters is 1. The molecule has 30 heavy (non-hydrogen) atoms. The number of fused-ring (bicyclic) bond motifs is 5. The van der Waals surface area contributed by atoms with Crippen LogP contribution >= 0.6 is 0 Å². The van der Waals surface area contributed by atoms with Crippen molar-refractivity contribution < 1.29 is 54.1 Å². The van der Waals surface area contributed by atoms with Crippen molar-refractivity contribution in [1.82, 2.24) is 9.55 Å². The first-order valence-electron chi connectivity index (χ1n) is 9.15. The minimum absolute atomic E-state index is 0. The maximum atomic E-state index is 13.1. The van der Waals surface area contributed by atoms with Crippen LogP contribution in [-0.2, 0) is 28.3 Å². The van der Waals surface area contributed by atoms with Crippen LogP contribution in [0.5, 0.6) is 0 Å². The molecular formula is C21H15N2NaO6. The number of aromatic nitrogens is 2. The maximum absolute atomic E-state index is 13.1. The normalized spacial score (nSPS) is 18.8. The van der Waals surface area contributed by atoms with E-state index in [1.807, 2.05) is 6.07 Å². The Bertz CT molecular complexity index is 1320. The molecule has 0 radical (unpaired) electrons. The van der Waals surface area contributed by atoms with Crippen molar-refractivity contribution in [2.75, 3.05) is 0 Å². The number of aliphatic hydroxyl groups is 1. The summed E-state index contributed by atoms with van der Waals surface area (Å²) in [6.45, 7) is 1.75. The summed E-state index contributed by atoms with van der Waals surface area (Å²) in [7, 11) is 0. The Kier molecular flexibility index (Phi) is 4.85. The zero-order valence-corrected chi connectivity index (χ0v) is 18.4. The average molecular weight is 414 g/mol. The Morgan fingerprint density at radius 3 is 2.77 bits per heavy atom. The van der Waals surface area contributed by atoms with E-state index in [0.29, 0.717) is 23.4 Å². The summed E-state index contributed by atoms with van der Waals surface area (Å²) in [4.78, 5) is 41.0. The Morgan fingerprint density at radius 2 is 2.07 bits per heavy atom. The van der Waals surface area contributed by atoms with Gasteiger partial charge < -0.3 is 24.3 Å². The standard InChI is InChI=1S/C21H16N2O6.Na/c1-2-21(28)14-7-16-17-12(8-23(16)18(24)13(14)9-29-20(21)27)5-10-3-4-11(19(25)26)6-15(10)22-17;/h3-7,28H,2,8-9H2,1H3,(H,25,26);/q;+1/p-1. The van der Waals surface area contributed by atoms with Crippen molar-refractivity contribution in [3.05, 3.63) is 62.9 Å². The molecule has 3 aromatic rings. The fourth-order valence-corrected chi connectivity index (χ4v) is 4.10. The molecule has 8 nitrogen and oxygen atoms in total. The van der Waals surface area contributed by atoms with E-state index in [1.54, 1.807) is 19.1 Å². The predicted molar refractivity (Wildman–Crippen MR) is 98.9 cm³/mol. The molecular weight excluding hydrogens is 399 g/mol. The minimum Gasteiger partial charge on any atom is -0.545 e. The largest absolute Gasteiger partial charge is 1.00 e. The summed E-state index contributed by atoms with van der Waals surface area (Å²) in [5.74, 6) is -2.08. The van der Waals surface area contributed by atoms with Gasteiger partial charge in [-0.25, -0.2) is 9.78 Å². The van der Waals surface area contributed by atoms with Crippen molar-refractivity contribution in [2.45, 2.75) is 32.1 Å². The summed E-state index contributed by atoms with van der Waals surface area (Å²) in [5.41, 5.74) is 0.531. The first kappa shape index (κ1) is 20.7. The minimum atomic E-state index is -1.88. The van der Waals surface area contributed by atoms with E-state index < -0.39 is 17.5 Å². The molecule has 0 aliphatic carbocycles. The van der Waals surface area contributed by atoms with E-state index in [1.165, 1.54) is 16.7 Å². The smallest absolute Gasteiger partial charge is 0.545 e. The van der Waals surface area contributed by atoms with Gasteiger partial charge in [0.15, 0.2) is 5.60 Å². The molecule has 0 spiro atoms. The first-order valence-corrected chi connectivity index (χ1v) is 9.15. The van der Waals surface area contributed by atoms with Gasteiger partial charge in [0, 0.05) is 16.5 Å². The Balaban J connectivity index is 0.00000218. The molecule has 1 unspecified atom stereocenters. The van der Waals surface area contributed by atoms with Crippen LogP contribution in [-0.4, -0.2) is 26.6 Å². The van der Waals surface area contributed by atoms with Gasteiger partial charge in [0.05, 0.1) is 35.0 Å². The van der Waals surface area contributed by atoms with Gasteiger partial charge >= 0.3 is 35.5 Å². The number of nitrogens with zero attached hydrogens (tertiary/aromatic N) is 2. The Hall–Kier alpha value is -2.52. The number of hydrogen-bond donors (Lipinski definition) is 1. The van der Waals surface area contributed by atoms with E-state index in [2.05, 4.69) is 4.98 Å². The fraction of sp³-hybridized carbons (Fsp3) is 0.238. The molecule has 0 saturated carbocycles. The number of ether oxygens (including phenoxy) is 1. The van der Waals surface area contributed by atoms with Gasteiger partial charge in [-0.05, 0) is 30.2 Å². The van der Waals surface area contributed by atoms with Crippen LogP contribution in [0.2, 0.25) is 0 Å². The maximum Gasteiger partial charge on any atom is 1.00 e. The second-order valence-corrected chi connectivity index (χ2v) is 7.29. The van der Waals surface area contributed by atoms with Crippen molar-refractivity contribution in [1.29, 1.82) is 0 Å². The first-order chi connectivity index (χ1) is 13.8. The number of hydrogen-bond acceptors (Lipinski definition) is 7. The number of carboxylic acid groups (broad SMARTS) is 1. The van der Waals surface area contributed by atoms with Crippen LogP contribution in [0.3, 0.4) is 0 Å². The molecule has 1 N–H and O–H groups in total.